The lowest BCUT2D eigenvalue weighted by Crippen LogP contribution is -1.93. The van der Waals surface area contributed by atoms with Gasteiger partial charge in [0.25, 0.3) is 0 Å². The molecule has 4 heteroatoms. The normalized spacial score (nSPS) is 11.2. The molecule has 0 radical (unpaired) electrons. The summed E-state index contributed by atoms with van der Waals surface area (Å²) in [5, 5.41) is 18.5. The molecule has 0 spiro atoms. The molecule has 0 amide bonds. The summed E-state index contributed by atoms with van der Waals surface area (Å²) in [6, 6.07) is 104. The average Bonchev–Trinajstić information content (AvgIpc) is 3.56. The lowest BCUT2D eigenvalue weighted by Gasteiger charge is -2.16. The molecule has 0 aliphatic carbocycles. The monoisotopic (exact) mass is 1020 g/mol. The number of para-hydroxylation sites is 2. The number of aromatic nitrogens is 3. The molecule has 15 aromatic rings. The van der Waals surface area contributed by atoms with Crippen molar-refractivity contribution in [1.29, 1.82) is 5.26 Å². The van der Waals surface area contributed by atoms with Crippen LogP contribution >= 0.6 is 0 Å². The van der Waals surface area contributed by atoms with Crippen LogP contribution < -0.4 is 0 Å². The Kier molecular flexibility index (Phi) is 12.2. The second-order valence-electron chi connectivity index (χ2n) is 20.1. The number of nitriles is 1. The minimum Gasteiger partial charge on any atom is -0.248 e. The Hall–Kier alpha value is -10.9. The molecule has 12 aromatic carbocycles. The van der Waals surface area contributed by atoms with Crippen LogP contribution in [-0.2, 0) is 0 Å². The van der Waals surface area contributed by atoms with E-state index in [9.17, 15) is 5.26 Å². The molecule has 0 saturated carbocycles. The average molecular weight is 1020 g/mol. The van der Waals surface area contributed by atoms with Crippen molar-refractivity contribution < 1.29 is 0 Å². The maximum atomic E-state index is 9.21. The third-order valence-electron chi connectivity index (χ3n) is 15.3. The number of fused-ring (bicyclic) bond motifs is 8. The summed E-state index contributed by atoms with van der Waals surface area (Å²) in [6.45, 7) is 0. The maximum Gasteiger partial charge on any atom is 0.0991 e. The number of hydrogen-bond donors (Lipinski definition) is 0. The second kappa shape index (κ2) is 20.6. The number of benzene rings is 12. The van der Waals surface area contributed by atoms with Gasteiger partial charge in [0.15, 0.2) is 0 Å². The fourth-order valence-electron chi connectivity index (χ4n) is 11.5. The SMILES string of the molecule is N#Cc1ccc(-c2cc(-c3ccccc3)c3cc(-c4ccccc4)c4ccccc4c3n2)cc1.c1ccc(-c2cc3c(-c4ccccc4)cc(-c4ccc(-c5c6ccccc6nc6ccccc56)cc4)nc3c3ccccc23)cc1. The topological polar surface area (TPSA) is 62.5 Å². The lowest BCUT2D eigenvalue weighted by molar-refractivity contribution is 1.40. The molecular formula is C76H48N4. The summed E-state index contributed by atoms with van der Waals surface area (Å²) in [4.78, 5) is 15.5. The second-order valence-corrected chi connectivity index (χ2v) is 20.1. The Labute approximate surface area is 463 Å². The van der Waals surface area contributed by atoms with Crippen LogP contribution in [-0.4, -0.2) is 15.0 Å². The van der Waals surface area contributed by atoms with E-state index < -0.39 is 0 Å². The molecule has 80 heavy (non-hydrogen) atoms. The van der Waals surface area contributed by atoms with E-state index in [1.807, 2.05) is 36.4 Å². The Bertz CT molecular complexity index is 4790. The first-order chi connectivity index (χ1) is 39.6. The van der Waals surface area contributed by atoms with Gasteiger partial charge in [-0.1, -0.05) is 243 Å². The number of hydrogen-bond acceptors (Lipinski definition) is 4. The van der Waals surface area contributed by atoms with Crippen LogP contribution in [0.2, 0.25) is 0 Å². The van der Waals surface area contributed by atoms with E-state index in [1.165, 1.54) is 55.3 Å². The Balaban J connectivity index is 0.000000151. The molecule has 0 N–H and O–H groups in total. The highest BCUT2D eigenvalue weighted by atomic mass is 14.7. The minimum atomic E-state index is 0.644. The van der Waals surface area contributed by atoms with Gasteiger partial charge in [-0.3, -0.25) is 0 Å². The highest BCUT2D eigenvalue weighted by molar-refractivity contribution is 6.18. The summed E-state index contributed by atoms with van der Waals surface area (Å²) >= 11 is 0. The zero-order valence-corrected chi connectivity index (χ0v) is 43.5. The molecule has 0 atom stereocenters. The van der Waals surface area contributed by atoms with Crippen LogP contribution in [0.5, 0.6) is 0 Å². The lowest BCUT2D eigenvalue weighted by atomic mass is 9.90. The third-order valence-corrected chi connectivity index (χ3v) is 15.3. The van der Waals surface area contributed by atoms with Gasteiger partial charge in [0.2, 0.25) is 0 Å². The van der Waals surface area contributed by atoms with Crippen molar-refractivity contribution in [2.75, 3.05) is 0 Å². The zero-order chi connectivity index (χ0) is 53.4. The van der Waals surface area contributed by atoms with Crippen molar-refractivity contribution in [3.05, 3.63) is 297 Å². The summed E-state index contributed by atoms with van der Waals surface area (Å²) in [5.74, 6) is 0. The van der Waals surface area contributed by atoms with E-state index in [4.69, 9.17) is 15.0 Å². The van der Waals surface area contributed by atoms with Gasteiger partial charge < -0.3 is 0 Å². The Morgan fingerprint density at radius 2 is 0.550 bits per heavy atom. The molecule has 0 bridgehead atoms. The molecule has 0 saturated heterocycles. The molecule has 0 aliphatic heterocycles. The van der Waals surface area contributed by atoms with E-state index in [-0.39, 0.29) is 0 Å². The largest absolute Gasteiger partial charge is 0.248 e. The first-order valence-corrected chi connectivity index (χ1v) is 27.0. The van der Waals surface area contributed by atoms with Crippen molar-refractivity contribution >= 4 is 65.2 Å². The van der Waals surface area contributed by atoms with E-state index >= 15 is 0 Å². The predicted molar refractivity (Wildman–Crippen MR) is 334 cm³/mol. The van der Waals surface area contributed by atoms with Crippen molar-refractivity contribution in [3.8, 4) is 84.2 Å². The third kappa shape index (κ3) is 8.76. The van der Waals surface area contributed by atoms with Crippen LogP contribution in [0, 0.1) is 11.3 Å². The van der Waals surface area contributed by atoms with Gasteiger partial charge in [0.1, 0.15) is 0 Å². The fourth-order valence-corrected chi connectivity index (χ4v) is 11.5. The van der Waals surface area contributed by atoms with Crippen molar-refractivity contribution in [2.24, 2.45) is 0 Å². The molecule has 0 unspecified atom stereocenters. The van der Waals surface area contributed by atoms with Crippen LogP contribution in [0.3, 0.4) is 0 Å². The van der Waals surface area contributed by atoms with E-state index in [0.717, 1.165) is 88.0 Å². The fraction of sp³-hybridized carbons (Fsp3) is 0. The van der Waals surface area contributed by atoms with Crippen LogP contribution in [0.1, 0.15) is 5.56 Å². The van der Waals surface area contributed by atoms with E-state index in [2.05, 4.69) is 261 Å². The van der Waals surface area contributed by atoms with Gasteiger partial charge in [0.05, 0.1) is 45.1 Å². The van der Waals surface area contributed by atoms with Gasteiger partial charge in [-0.05, 0) is 109 Å². The predicted octanol–water partition coefficient (Wildman–Crippen LogP) is 20.0. The highest BCUT2D eigenvalue weighted by Gasteiger charge is 2.19. The van der Waals surface area contributed by atoms with Gasteiger partial charge in [0, 0.05) is 49.0 Å². The standard InChI is InChI=1S/C44H28N2.C32H20N2/c1-3-13-29(14-4-1)37-27-39-38(30-15-5-2-6-16-30)28-42(46-44(39)34-18-8-7-17-33(34)37)31-23-25-32(26-24-31)43-35-19-9-11-21-40(35)45-41-22-12-10-20-36(41)43;33-21-22-15-17-25(18-16-22)31-20-29(24-11-5-2-6-12-24)30-19-28(23-9-3-1-4-10-23)26-13-7-8-14-27(26)32(30)34-31/h1-28H;1-20H. The molecule has 0 aliphatic rings. The molecular weight excluding hydrogens is 969 g/mol. The molecule has 0 fully saturated rings. The first-order valence-electron chi connectivity index (χ1n) is 27.0. The van der Waals surface area contributed by atoms with Crippen LogP contribution in [0.25, 0.3) is 143 Å². The van der Waals surface area contributed by atoms with Gasteiger partial charge in [-0.25, -0.2) is 15.0 Å². The quantitative estimate of drug-likeness (QED) is 0.118. The van der Waals surface area contributed by atoms with Crippen molar-refractivity contribution in [2.45, 2.75) is 0 Å². The van der Waals surface area contributed by atoms with Crippen molar-refractivity contribution in [3.63, 3.8) is 0 Å². The number of nitrogens with zero attached hydrogens (tertiary/aromatic N) is 4. The van der Waals surface area contributed by atoms with E-state index in [1.54, 1.807) is 0 Å². The highest BCUT2D eigenvalue weighted by Crippen LogP contribution is 2.43. The zero-order valence-electron chi connectivity index (χ0n) is 43.5. The minimum absolute atomic E-state index is 0.644. The molecule has 372 valence electrons. The summed E-state index contributed by atoms with van der Waals surface area (Å²) in [6.07, 6.45) is 0. The van der Waals surface area contributed by atoms with Crippen molar-refractivity contribution in [1.82, 2.24) is 15.0 Å². The molecule has 3 heterocycles. The Morgan fingerprint density at radius 1 is 0.237 bits per heavy atom. The summed E-state index contributed by atoms with van der Waals surface area (Å²) < 4.78 is 0. The van der Waals surface area contributed by atoms with Crippen LogP contribution in [0.15, 0.2) is 291 Å². The summed E-state index contributed by atoms with van der Waals surface area (Å²) in [5.41, 5.74) is 20.4. The maximum absolute atomic E-state index is 9.21. The first kappa shape index (κ1) is 47.6. The Morgan fingerprint density at radius 3 is 0.938 bits per heavy atom. The molecule has 4 nitrogen and oxygen atoms in total. The molecule has 15 rings (SSSR count). The number of pyridine rings is 3. The van der Waals surface area contributed by atoms with Crippen LogP contribution in [0.4, 0.5) is 0 Å². The van der Waals surface area contributed by atoms with E-state index in [0.29, 0.717) is 5.56 Å². The molecule has 3 aromatic heterocycles. The summed E-state index contributed by atoms with van der Waals surface area (Å²) in [7, 11) is 0. The smallest absolute Gasteiger partial charge is 0.0991 e. The van der Waals surface area contributed by atoms with Gasteiger partial charge in [-0.2, -0.15) is 5.26 Å². The van der Waals surface area contributed by atoms with Gasteiger partial charge >= 0.3 is 0 Å². The van der Waals surface area contributed by atoms with Gasteiger partial charge in [-0.15, -0.1) is 0 Å². The number of rotatable bonds is 7.